The van der Waals surface area contributed by atoms with Crippen LogP contribution in [0.25, 0.3) is 11.6 Å². The van der Waals surface area contributed by atoms with Crippen LogP contribution in [0, 0.1) is 6.92 Å². The van der Waals surface area contributed by atoms with Gasteiger partial charge in [-0.3, -0.25) is 9.59 Å². The number of nitrogens with two attached hydrogens (primary N) is 1. The number of rotatable bonds is 6. The number of H-pyrrole nitrogens is 1. The second kappa shape index (κ2) is 9.27. The lowest BCUT2D eigenvalue weighted by Crippen LogP contribution is -2.37. The molecule has 0 unspecified atom stereocenters. The van der Waals surface area contributed by atoms with Crippen LogP contribution in [0.5, 0.6) is 0 Å². The van der Waals surface area contributed by atoms with Gasteiger partial charge in [-0.05, 0) is 62.7 Å². The minimum atomic E-state index is -0.677. The molecule has 1 saturated heterocycles. The van der Waals surface area contributed by atoms with Gasteiger partial charge in [0.25, 0.3) is 11.8 Å². The Labute approximate surface area is 186 Å². The lowest BCUT2D eigenvalue weighted by molar-refractivity contribution is -0.110. The number of primary amides is 1. The molecule has 1 fully saturated rings. The van der Waals surface area contributed by atoms with Gasteiger partial charge in [-0.1, -0.05) is 6.42 Å². The molecule has 2 aromatic rings. The summed E-state index contributed by atoms with van der Waals surface area (Å²) in [6.45, 7) is 5.49. The van der Waals surface area contributed by atoms with Crippen molar-refractivity contribution < 1.29 is 14.4 Å². The average molecular weight is 437 g/mol. The van der Waals surface area contributed by atoms with Gasteiger partial charge < -0.3 is 31.6 Å². The number of nitrogens with one attached hydrogen (secondary N) is 4. The van der Waals surface area contributed by atoms with Crippen molar-refractivity contribution in [1.29, 1.82) is 0 Å². The molecule has 32 heavy (non-hydrogen) atoms. The molecule has 168 valence electrons. The van der Waals surface area contributed by atoms with Crippen molar-refractivity contribution in [3.8, 4) is 0 Å². The van der Waals surface area contributed by atoms with E-state index >= 15 is 0 Å². The third kappa shape index (κ3) is 4.67. The van der Waals surface area contributed by atoms with E-state index in [9.17, 15) is 14.4 Å². The fraction of sp³-hybridized carbons (Fsp3) is 0.348. The van der Waals surface area contributed by atoms with E-state index in [0.717, 1.165) is 25.2 Å². The number of benzene rings is 1. The minimum Gasteiger partial charge on any atom is -0.361 e. The van der Waals surface area contributed by atoms with Gasteiger partial charge in [0.2, 0.25) is 0 Å². The molecule has 9 nitrogen and oxygen atoms in total. The van der Waals surface area contributed by atoms with Crippen molar-refractivity contribution in [2.24, 2.45) is 5.73 Å². The molecule has 0 radical (unpaired) electrons. The van der Waals surface area contributed by atoms with Crippen LogP contribution in [-0.4, -0.2) is 53.9 Å². The Hall–Kier alpha value is -3.59. The topological polar surface area (TPSA) is 132 Å². The highest BCUT2D eigenvalue weighted by atomic mass is 16.2. The number of aromatic amines is 1. The number of carbonyl (C=O) groups excluding carboxylic acids is 3. The van der Waals surface area contributed by atoms with Crippen LogP contribution in [0.2, 0.25) is 0 Å². The third-order valence-corrected chi connectivity index (χ3v) is 5.95. The first-order chi connectivity index (χ1) is 15.4. The molecule has 2 aliphatic rings. The van der Waals surface area contributed by atoms with E-state index in [-0.39, 0.29) is 11.8 Å². The monoisotopic (exact) mass is 436 g/mol. The summed E-state index contributed by atoms with van der Waals surface area (Å²) in [5, 5.41) is 8.31. The number of anilines is 2. The average Bonchev–Trinajstić information content (AvgIpc) is 3.28. The number of urea groups is 1. The van der Waals surface area contributed by atoms with E-state index in [4.69, 9.17) is 5.73 Å². The van der Waals surface area contributed by atoms with Crippen LogP contribution in [0.1, 0.15) is 46.4 Å². The standard InChI is InChI=1S/C23H28N6O3/c1-14-18(21(30)25-7-10-29-8-3-2-4-9-29)13-26-20(14)12-17-16-11-15(27-23(24)32)5-6-19(16)28-22(17)31/h5-6,11-13,26H,2-4,7-10H2,1H3,(H,25,30)(H,28,31)(H3,24,27,32). The van der Waals surface area contributed by atoms with Gasteiger partial charge in [0.15, 0.2) is 0 Å². The largest absolute Gasteiger partial charge is 0.361 e. The van der Waals surface area contributed by atoms with Crippen molar-refractivity contribution in [2.45, 2.75) is 26.2 Å². The lowest BCUT2D eigenvalue weighted by Gasteiger charge is -2.26. The molecule has 0 atom stereocenters. The molecular weight excluding hydrogens is 408 g/mol. The summed E-state index contributed by atoms with van der Waals surface area (Å²) in [6.07, 6.45) is 7.11. The zero-order chi connectivity index (χ0) is 22.7. The van der Waals surface area contributed by atoms with E-state index in [0.29, 0.717) is 40.3 Å². The maximum atomic E-state index is 12.7. The number of carbonyl (C=O) groups is 3. The fourth-order valence-corrected chi connectivity index (χ4v) is 4.20. The van der Waals surface area contributed by atoms with Gasteiger partial charge >= 0.3 is 6.03 Å². The van der Waals surface area contributed by atoms with E-state index in [1.54, 1.807) is 30.5 Å². The Morgan fingerprint density at radius 2 is 2.00 bits per heavy atom. The van der Waals surface area contributed by atoms with Crippen molar-refractivity contribution in [3.05, 3.63) is 46.8 Å². The zero-order valence-electron chi connectivity index (χ0n) is 18.1. The minimum absolute atomic E-state index is 0.135. The Morgan fingerprint density at radius 3 is 2.75 bits per heavy atom. The zero-order valence-corrected chi connectivity index (χ0v) is 18.1. The van der Waals surface area contributed by atoms with Crippen LogP contribution < -0.4 is 21.7 Å². The molecular formula is C23H28N6O3. The highest BCUT2D eigenvalue weighted by molar-refractivity contribution is 6.35. The molecule has 0 aliphatic carbocycles. The van der Waals surface area contributed by atoms with Crippen molar-refractivity contribution in [1.82, 2.24) is 15.2 Å². The highest BCUT2D eigenvalue weighted by Gasteiger charge is 2.25. The van der Waals surface area contributed by atoms with Crippen LogP contribution >= 0.6 is 0 Å². The summed E-state index contributed by atoms with van der Waals surface area (Å²) in [5.74, 6) is -0.387. The molecule has 4 rings (SSSR count). The third-order valence-electron chi connectivity index (χ3n) is 5.95. The number of hydrogen-bond acceptors (Lipinski definition) is 4. The van der Waals surface area contributed by atoms with Crippen molar-refractivity contribution in [2.75, 3.05) is 36.8 Å². The number of fused-ring (bicyclic) bond motifs is 1. The fourth-order valence-electron chi connectivity index (χ4n) is 4.20. The molecule has 3 heterocycles. The summed E-state index contributed by atoms with van der Waals surface area (Å²) in [5.41, 5.74) is 9.43. The molecule has 0 saturated carbocycles. The van der Waals surface area contributed by atoms with Crippen molar-refractivity contribution >= 4 is 40.9 Å². The van der Waals surface area contributed by atoms with Gasteiger partial charge in [-0.25, -0.2) is 4.79 Å². The summed E-state index contributed by atoms with van der Waals surface area (Å²) in [6, 6.07) is 4.39. The first kappa shape index (κ1) is 21.6. The molecule has 1 aromatic heterocycles. The number of hydrogen-bond donors (Lipinski definition) is 5. The lowest BCUT2D eigenvalue weighted by atomic mass is 10.0. The summed E-state index contributed by atoms with van der Waals surface area (Å²) < 4.78 is 0. The van der Waals surface area contributed by atoms with E-state index in [1.165, 1.54) is 19.3 Å². The SMILES string of the molecule is Cc1c(C(=O)NCCN2CCCCC2)c[nH]c1C=C1C(=O)Nc2ccc(NC(N)=O)cc21. The number of amides is 4. The highest BCUT2D eigenvalue weighted by Crippen LogP contribution is 2.35. The quantitative estimate of drug-likeness (QED) is 0.445. The molecule has 9 heteroatoms. The molecule has 6 N–H and O–H groups in total. The van der Waals surface area contributed by atoms with E-state index in [1.807, 2.05) is 6.92 Å². The van der Waals surface area contributed by atoms with Crippen LogP contribution in [0.3, 0.4) is 0 Å². The van der Waals surface area contributed by atoms with Gasteiger partial charge in [0.1, 0.15) is 0 Å². The number of likely N-dealkylation sites (tertiary alicyclic amines) is 1. The number of piperidine rings is 1. The predicted molar refractivity (Wildman–Crippen MR) is 124 cm³/mol. The second-order valence-electron chi connectivity index (χ2n) is 8.16. The summed E-state index contributed by atoms with van der Waals surface area (Å²) >= 11 is 0. The molecule has 4 amide bonds. The molecule has 2 aliphatic heterocycles. The number of nitrogens with zero attached hydrogens (tertiary/aromatic N) is 1. The smallest absolute Gasteiger partial charge is 0.316 e. The van der Waals surface area contributed by atoms with Crippen molar-refractivity contribution in [3.63, 3.8) is 0 Å². The first-order valence-corrected chi connectivity index (χ1v) is 10.8. The van der Waals surface area contributed by atoms with E-state index < -0.39 is 6.03 Å². The van der Waals surface area contributed by atoms with E-state index in [2.05, 4.69) is 25.8 Å². The number of aromatic nitrogens is 1. The summed E-state index contributed by atoms with van der Waals surface area (Å²) in [7, 11) is 0. The molecule has 1 aromatic carbocycles. The van der Waals surface area contributed by atoms with Crippen LogP contribution in [0.4, 0.5) is 16.2 Å². The maximum Gasteiger partial charge on any atom is 0.316 e. The van der Waals surface area contributed by atoms with Gasteiger partial charge in [0.05, 0.1) is 11.1 Å². The van der Waals surface area contributed by atoms with Gasteiger partial charge in [-0.15, -0.1) is 0 Å². The Balaban J connectivity index is 1.48. The molecule has 0 spiro atoms. The Morgan fingerprint density at radius 1 is 1.22 bits per heavy atom. The normalized spacial score (nSPS) is 17.2. The summed E-state index contributed by atoms with van der Waals surface area (Å²) in [4.78, 5) is 41.8. The van der Waals surface area contributed by atoms with Crippen LogP contribution in [0.15, 0.2) is 24.4 Å². The Bertz CT molecular complexity index is 1080. The second-order valence-corrected chi connectivity index (χ2v) is 8.16. The maximum absolute atomic E-state index is 12.7. The molecule has 0 bridgehead atoms. The predicted octanol–water partition coefficient (Wildman–Crippen LogP) is 2.52. The van der Waals surface area contributed by atoms with Crippen LogP contribution in [-0.2, 0) is 4.79 Å². The van der Waals surface area contributed by atoms with Gasteiger partial charge in [-0.2, -0.15) is 0 Å². The first-order valence-electron chi connectivity index (χ1n) is 10.8. The van der Waals surface area contributed by atoms with Gasteiger partial charge in [0, 0.05) is 41.9 Å². The Kier molecular flexibility index (Phi) is 6.27.